The van der Waals surface area contributed by atoms with E-state index in [1.807, 2.05) is 20.8 Å². The molecule has 0 N–H and O–H groups in total. The first-order valence-electron chi connectivity index (χ1n) is 5.77. The number of esters is 1. The first-order chi connectivity index (χ1) is 7.33. The average molecular weight is 243 g/mol. The number of ether oxygens (including phenoxy) is 1. The first kappa shape index (κ1) is 13.6. The second kappa shape index (κ2) is 5.21. The molecule has 3 nitrogen and oxygen atoms in total. The molecule has 92 valence electrons. The third-order valence-corrected chi connectivity index (χ3v) is 3.34. The fourth-order valence-corrected chi connectivity index (χ4v) is 2.49. The minimum Gasteiger partial charge on any atom is -0.458 e. The van der Waals surface area contributed by atoms with Gasteiger partial charge in [-0.05, 0) is 32.9 Å². The molecule has 0 aromatic heterocycles. The summed E-state index contributed by atoms with van der Waals surface area (Å²) in [5.74, 6) is 1.21. The molecule has 16 heavy (non-hydrogen) atoms. The molecule has 0 saturated carbocycles. The third kappa shape index (κ3) is 3.81. The Morgan fingerprint density at radius 2 is 2.19 bits per heavy atom. The first-order valence-corrected chi connectivity index (χ1v) is 6.75. The number of rotatable bonds is 2. The van der Waals surface area contributed by atoms with Gasteiger partial charge < -0.3 is 4.74 Å². The smallest absolute Gasteiger partial charge is 0.331 e. The van der Waals surface area contributed by atoms with E-state index < -0.39 is 5.60 Å². The molecule has 1 aliphatic heterocycles. The van der Waals surface area contributed by atoms with Crippen LogP contribution in [-0.2, 0) is 9.53 Å². The van der Waals surface area contributed by atoms with E-state index in [2.05, 4.69) is 18.8 Å². The lowest BCUT2D eigenvalue weighted by Crippen LogP contribution is -2.30. The molecule has 0 aromatic rings. The van der Waals surface area contributed by atoms with Gasteiger partial charge in [-0.1, -0.05) is 13.8 Å². The van der Waals surface area contributed by atoms with E-state index in [0.29, 0.717) is 5.92 Å². The number of nitrogens with zero attached hydrogens (tertiary/aromatic N) is 1. The van der Waals surface area contributed by atoms with E-state index in [0.717, 1.165) is 17.2 Å². The summed E-state index contributed by atoms with van der Waals surface area (Å²) >= 11 is 1.73. The number of carbonyl (C=O) groups excluding carboxylic acids is 1. The van der Waals surface area contributed by atoms with E-state index in [1.54, 1.807) is 11.8 Å². The number of hydrogen-bond acceptors (Lipinski definition) is 4. The summed E-state index contributed by atoms with van der Waals surface area (Å²) in [5.41, 5.74) is -0.420. The molecule has 1 rings (SSSR count). The van der Waals surface area contributed by atoms with Gasteiger partial charge in [0.1, 0.15) is 11.6 Å². The van der Waals surface area contributed by atoms with Crippen molar-refractivity contribution in [2.24, 2.45) is 10.9 Å². The van der Waals surface area contributed by atoms with Crippen LogP contribution in [0.25, 0.3) is 0 Å². The van der Waals surface area contributed by atoms with Crippen molar-refractivity contribution in [1.82, 2.24) is 0 Å². The van der Waals surface area contributed by atoms with E-state index >= 15 is 0 Å². The van der Waals surface area contributed by atoms with Crippen molar-refractivity contribution < 1.29 is 9.53 Å². The van der Waals surface area contributed by atoms with Crippen LogP contribution in [0.2, 0.25) is 0 Å². The molecule has 0 bridgehead atoms. The molecule has 4 heteroatoms. The molecule has 2 atom stereocenters. The zero-order chi connectivity index (χ0) is 12.3. The van der Waals surface area contributed by atoms with Crippen LogP contribution < -0.4 is 0 Å². The summed E-state index contributed by atoms with van der Waals surface area (Å²) < 4.78 is 5.34. The lowest BCUT2D eigenvalue weighted by Gasteiger charge is -2.21. The van der Waals surface area contributed by atoms with Crippen molar-refractivity contribution in [2.75, 3.05) is 5.75 Å². The second-order valence-electron chi connectivity index (χ2n) is 5.09. The quantitative estimate of drug-likeness (QED) is 0.700. The summed E-state index contributed by atoms with van der Waals surface area (Å²) in [6.07, 6.45) is 0.789. The fraction of sp³-hybridized carbons (Fsp3) is 0.833. The highest BCUT2D eigenvalue weighted by atomic mass is 32.2. The standard InChI is InChI=1S/C12H21NO2S/c1-6-16-10-8(2)7-9(13-10)11(14)15-12(3,4)5/h8-9H,6-7H2,1-5H3/t8-,9+/m0/s1. The minimum absolute atomic E-state index is 0.189. The van der Waals surface area contributed by atoms with Gasteiger partial charge in [0.25, 0.3) is 0 Å². The summed E-state index contributed by atoms with van der Waals surface area (Å²) in [4.78, 5) is 16.3. The Balaban J connectivity index is 2.60. The molecule has 0 saturated heterocycles. The van der Waals surface area contributed by atoms with Gasteiger partial charge in [0.15, 0.2) is 0 Å². The molecular weight excluding hydrogens is 222 g/mol. The zero-order valence-corrected chi connectivity index (χ0v) is 11.6. The van der Waals surface area contributed by atoms with Crippen molar-refractivity contribution in [3.63, 3.8) is 0 Å². The predicted molar refractivity (Wildman–Crippen MR) is 69.0 cm³/mol. The van der Waals surface area contributed by atoms with Gasteiger partial charge >= 0.3 is 5.97 Å². The van der Waals surface area contributed by atoms with Crippen LogP contribution in [0.15, 0.2) is 4.99 Å². The van der Waals surface area contributed by atoms with Crippen LogP contribution in [0, 0.1) is 5.92 Å². The second-order valence-corrected chi connectivity index (χ2v) is 6.37. The van der Waals surface area contributed by atoms with Crippen LogP contribution in [0.1, 0.15) is 41.0 Å². The molecule has 0 amide bonds. The number of carbonyl (C=O) groups is 1. The maximum absolute atomic E-state index is 11.8. The highest BCUT2D eigenvalue weighted by molar-refractivity contribution is 8.13. The van der Waals surface area contributed by atoms with Gasteiger partial charge in [-0.2, -0.15) is 0 Å². The van der Waals surface area contributed by atoms with Crippen molar-refractivity contribution in [1.29, 1.82) is 0 Å². The SMILES string of the molecule is CCSC1=N[C@@H](C(=O)OC(C)(C)C)C[C@@H]1C. The number of thioether (sulfide) groups is 1. The Bertz CT molecular complexity index is 294. The molecule has 0 fully saturated rings. The van der Waals surface area contributed by atoms with Gasteiger partial charge in [-0.3, -0.25) is 4.99 Å². The predicted octanol–water partition coefficient (Wildman–Crippen LogP) is 2.89. The molecule has 0 aliphatic carbocycles. The van der Waals surface area contributed by atoms with Crippen LogP contribution >= 0.6 is 11.8 Å². The van der Waals surface area contributed by atoms with Gasteiger partial charge in [0.2, 0.25) is 0 Å². The maximum Gasteiger partial charge on any atom is 0.331 e. The Kier molecular flexibility index (Phi) is 4.42. The van der Waals surface area contributed by atoms with Gasteiger partial charge in [-0.15, -0.1) is 11.8 Å². The van der Waals surface area contributed by atoms with Crippen LogP contribution in [0.4, 0.5) is 0 Å². The highest BCUT2D eigenvalue weighted by Gasteiger charge is 2.32. The maximum atomic E-state index is 11.8. The molecule has 0 spiro atoms. The van der Waals surface area contributed by atoms with Crippen molar-refractivity contribution in [2.45, 2.75) is 52.7 Å². The summed E-state index contributed by atoms with van der Waals surface area (Å²) in [7, 11) is 0. The zero-order valence-electron chi connectivity index (χ0n) is 10.7. The molecular formula is C12H21NO2S. The van der Waals surface area contributed by atoms with Gasteiger partial charge in [-0.25, -0.2) is 4.79 Å². The largest absolute Gasteiger partial charge is 0.458 e. The monoisotopic (exact) mass is 243 g/mol. The van der Waals surface area contributed by atoms with Crippen LogP contribution in [-0.4, -0.2) is 28.4 Å². The highest BCUT2D eigenvalue weighted by Crippen LogP contribution is 2.28. The van der Waals surface area contributed by atoms with Gasteiger partial charge in [0.05, 0.1) is 5.04 Å². The normalized spacial score (nSPS) is 25.4. The van der Waals surface area contributed by atoms with E-state index in [-0.39, 0.29) is 12.0 Å². The molecule has 1 heterocycles. The molecule has 0 aromatic carbocycles. The summed E-state index contributed by atoms with van der Waals surface area (Å²) in [6, 6.07) is -0.289. The Labute approximate surface area is 102 Å². The van der Waals surface area contributed by atoms with E-state index in [9.17, 15) is 4.79 Å². The van der Waals surface area contributed by atoms with Gasteiger partial charge in [0, 0.05) is 5.92 Å². The third-order valence-electron chi connectivity index (χ3n) is 2.25. The fourth-order valence-electron chi connectivity index (χ4n) is 1.62. The number of hydrogen-bond donors (Lipinski definition) is 0. The number of aliphatic imine (C=N–C) groups is 1. The molecule has 0 radical (unpaired) electrons. The lowest BCUT2D eigenvalue weighted by atomic mass is 10.1. The van der Waals surface area contributed by atoms with E-state index in [4.69, 9.17) is 4.74 Å². The van der Waals surface area contributed by atoms with Crippen LogP contribution in [0.3, 0.4) is 0 Å². The Morgan fingerprint density at radius 1 is 1.56 bits per heavy atom. The Hall–Kier alpha value is -0.510. The molecule has 0 unspecified atom stereocenters. The van der Waals surface area contributed by atoms with Crippen molar-refractivity contribution in [3.8, 4) is 0 Å². The molecule has 1 aliphatic rings. The summed E-state index contributed by atoms with van der Waals surface area (Å²) in [6.45, 7) is 9.87. The minimum atomic E-state index is -0.420. The van der Waals surface area contributed by atoms with Crippen LogP contribution in [0.5, 0.6) is 0 Å². The lowest BCUT2D eigenvalue weighted by molar-refractivity contribution is -0.156. The van der Waals surface area contributed by atoms with Crippen molar-refractivity contribution >= 4 is 22.8 Å². The summed E-state index contributed by atoms with van der Waals surface area (Å²) in [5, 5.41) is 1.10. The van der Waals surface area contributed by atoms with Crippen molar-refractivity contribution in [3.05, 3.63) is 0 Å². The Morgan fingerprint density at radius 3 is 2.69 bits per heavy atom. The van der Waals surface area contributed by atoms with E-state index in [1.165, 1.54) is 0 Å². The average Bonchev–Trinajstić information content (AvgIpc) is 2.46. The topological polar surface area (TPSA) is 38.7 Å².